The Labute approximate surface area is 101 Å². The molecule has 78 valence electrons. The molecule has 0 aromatic carbocycles. The van der Waals surface area contributed by atoms with Gasteiger partial charge in [0.05, 0.1) is 21.0 Å². The topological polar surface area (TPSA) is 16.4 Å². The molecule has 0 bridgehead atoms. The van der Waals surface area contributed by atoms with Gasteiger partial charge in [-0.15, -0.1) is 11.3 Å². The van der Waals surface area contributed by atoms with Crippen molar-refractivity contribution in [3.8, 4) is 0 Å². The first-order chi connectivity index (χ1) is 7.25. The summed E-state index contributed by atoms with van der Waals surface area (Å²) in [5.74, 6) is 1.45. The maximum atomic E-state index is 5.49. The standard InChI is InChI=1S/C11H10BrNOS/c1-13-6-8(9-3-2-4-14-9)7-5-10(12)15-11(7)13/h2-5,8H,6H2,1H3. The largest absolute Gasteiger partial charge is 0.469 e. The van der Waals surface area contributed by atoms with E-state index in [1.54, 1.807) is 17.6 Å². The molecule has 3 rings (SSSR count). The Morgan fingerprint density at radius 3 is 3.20 bits per heavy atom. The van der Waals surface area contributed by atoms with Crippen LogP contribution in [-0.4, -0.2) is 13.6 Å². The molecular weight excluding hydrogens is 274 g/mol. The number of halogens is 1. The molecule has 1 aliphatic heterocycles. The van der Waals surface area contributed by atoms with Crippen LogP contribution in [-0.2, 0) is 0 Å². The van der Waals surface area contributed by atoms with E-state index in [9.17, 15) is 0 Å². The summed E-state index contributed by atoms with van der Waals surface area (Å²) in [5.41, 5.74) is 1.38. The Balaban J connectivity index is 2.08. The van der Waals surface area contributed by atoms with E-state index in [1.807, 2.05) is 6.07 Å². The second-order valence-electron chi connectivity index (χ2n) is 3.76. The quantitative estimate of drug-likeness (QED) is 0.794. The number of anilines is 1. The molecule has 2 aromatic heterocycles. The summed E-state index contributed by atoms with van der Waals surface area (Å²) in [7, 11) is 2.13. The zero-order valence-electron chi connectivity index (χ0n) is 8.24. The van der Waals surface area contributed by atoms with E-state index >= 15 is 0 Å². The smallest absolute Gasteiger partial charge is 0.113 e. The molecule has 0 N–H and O–H groups in total. The summed E-state index contributed by atoms with van der Waals surface area (Å²) >= 11 is 5.32. The number of hydrogen-bond donors (Lipinski definition) is 0. The Morgan fingerprint density at radius 1 is 1.60 bits per heavy atom. The van der Waals surface area contributed by atoms with Crippen molar-refractivity contribution in [3.05, 3.63) is 39.6 Å². The molecule has 0 saturated carbocycles. The predicted molar refractivity (Wildman–Crippen MR) is 65.8 cm³/mol. The van der Waals surface area contributed by atoms with Crippen LogP contribution in [0.4, 0.5) is 5.00 Å². The van der Waals surface area contributed by atoms with Crippen LogP contribution in [0.5, 0.6) is 0 Å². The van der Waals surface area contributed by atoms with Crippen molar-refractivity contribution in [2.45, 2.75) is 5.92 Å². The highest BCUT2D eigenvalue weighted by Gasteiger charge is 2.31. The predicted octanol–water partition coefficient (Wildman–Crippen LogP) is 3.69. The lowest BCUT2D eigenvalue weighted by atomic mass is 10.0. The van der Waals surface area contributed by atoms with Crippen molar-refractivity contribution in [1.82, 2.24) is 0 Å². The molecule has 0 amide bonds. The Bertz CT molecular complexity index is 477. The maximum Gasteiger partial charge on any atom is 0.113 e. The van der Waals surface area contributed by atoms with Gasteiger partial charge in [-0.3, -0.25) is 0 Å². The minimum atomic E-state index is 0.391. The van der Waals surface area contributed by atoms with Crippen molar-refractivity contribution in [3.63, 3.8) is 0 Å². The van der Waals surface area contributed by atoms with Crippen LogP contribution in [0.25, 0.3) is 0 Å². The number of hydrogen-bond acceptors (Lipinski definition) is 3. The van der Waals surface area contributed by atoms with E-state index in [2.05, 4.69) is 40.0 Å². The molecule has 2 aromatic rings. The molecule has 15 heavy (non-hydrogen) atoms. The molecule has 1 atom stereocenters. The highest BCUT2D eigenvalue weighted by Crippen LogP contribution is 2.46. The average Bonchev–Trinajstić information content (AvgIpc) is 2.85. The number of likely N-dealkylation sites (N-methyl/N-ethyl adjacent to an activating group) is 1. The first-order valence-corrected chi connectivity index (χ1v) is 6.40. The summed E-state index contributed by atoms with van der Waals surface area (Å²) in [5, 5.41) is 1.35. The van der Waals surface area contributed by atoms with E-state index in [0.717, 1.165) is 12.3 Å². The minimum absolute atomic E-state index is 0.391. The number of fused-ring (bicyclic) bond motifs is 1. The van der Waals surface area contributed by atoms with Crippen LogP contribution in [0.2, 0.25) is 0 Å². The summed E-state index contributed by atoms with van der Waals surface area (Å²) in [6.45, 7) is 1.02. The van der Waals surface area contributed by atoms with Crippen molar-refractivity contribution in [2.75, 3.05) is 18.5 Å². The van der Waals surface area contributed by atoms with E-state index in [4.69, 9.17) is 4.42 Å². The molecule has 0 radical (unpaired) electrons. The SMILES string of the molecule is CN1CC(c2ccco2)c2cc(Br)sc21. The zero-order chi connectivity index (χ0) is 10.4. The van der Waals surface area contributed by atoms with Gasteiger partial charge in [0.15, 0.2) is 0 Å². The lowest BCUT2D eigenvalue weighted by Gasteiger charge is -2.11. The fraction of sp³-hybridized carbons (Fsp3) is 0.273. The second-order valence-corrected chi connectivity index (χ2v) is 6.17. The lowest BCUT2D eigenvalue weighted by Crippen LogP contribution is -2.15. The van der Waals surface area contributed by atoms with Crippen molar-refractivity contribution in [2.24, 2.45) is 0 Å². The van der Waals surface area contributed by atoms with Gasteiger partial charge in [-0.2, -0.15) is 0 Å². The van der Waals surface area contributed by atoms with Gasteiger partial charge in [-0.05, 0) is 34.1 Å². The summed E-state index contributed by atoms with van der Waals surface area (Å²) in [4.78, 5) is 2.29. The third-order valence-electron chi connectivity index (χ3n) is 2.78. The summed E-state index contributed by atoms with van der Waals surface area (Å²) < 4.78 is 6.68. The number of rotatable bonds is 1. The van der Waals surface area contributed by atoms with Gasteiger partial charge in [-0.1, -0.05) is 0 Å². The van der Waals surface area contributed by atoms with Gasteiger partial charge < -0.3 is 9.32 Å². The molecule has 2 nitrogen and oxygen atoms in total. The van der Waals surface area contributed by atoms with Crippen LogP contribution in [0.3, 0.4) is 0 Å². The average molecular weight is 284 g/mol. The van der Waals surface area contributed by atoms with Gasteiger partial charge in [0.1, 0.15) is 5.76 Å². The molecule has 0 fully saturated rings. The third kappa shape index (κ3) is 1.43. The van der Waals surface area contributed by atoms with E-state index in [-0.39, 0.29) is 0 Å². The van der Waals surface area contributed by atoms with E-state index in [0.29, 0.717) is 5.92 Å². The first-order valence-electron chi connectivity index (χ1n) is 4.79. The fourth-order valence-corrected chi connectivity index (χ4v) is 3.73. The molecule has 1 aliphatic rings. The Morgan fingerprint density at radius 2 is 2.47 bits per heavy atom. The monoisotopic (exact) mass is 283 g/mol. The molecule has 1 unspecified atom stereocenters. The Hall–Kier alpha value is -0.740. The van der Waals surface area contributed by atoms with Gasteiger partial charge in [0, 0.05) is 19.2 Å². The molecular formula is C11H10BrNOS. The van der Waals surface area contributed by atoms with Gasteiger partial charge in [0.2, 0.25) is 0 Å². The van der Waals surface area contributed by atoms with Crippen LogP contribution >= 0.6 is 27.3 Å². The molecule has 0 spiro atoms. The van der Waals surface area contributed by atoms with Crippen molar-refractivity contribution < 1.29 is 4.42 Å². The fourth-order valence-electron chi connectivity index (χ4n) is 2.10. The van der Waals surface area contributed by atoms with Crippen LogP contribution < -0.4 is 4.90 Å². The van der Waals surface area contributed by atoms with Gasteiger partial charge in [0.25, 0.3) is 0 Å². The summed E-state index contributed by atoms with van der Waals surface area (Å²) in [6.07, 6.45) is 1.74. The van der Waals surface area contributed by atoms with Gasteiger partial charge >= 0.3 is 0 Å². The number of furan rings is 1. The van der Waals surface area contributed by atoms with Crippen LogP contribution in [0.1, 0.15) is 17.2 Å². The minimum Gasteiger partial charge on any atom is -0.469 e. The highest BCUT2D eigenvalue weighted by atomic mass is 79.9. The molecule has 4 heteroatoms. The highest BCUT2D eigenvalue weighted by molar-refractivity contribution is 9.11. The van der Waals surface area contributed by atoms with E-state index < -0.39 is 0 Å². The maximum absolute atomic E-state index is 5.49. The van der Waals surface area contributed by atoms with Crippen molar-refractivity contribution in [1.29, 1.82) is 0 Å². The zero-order valence-corrected chi connectivity index (χ0v) is 10.6. The lowest BCUT2D eigenvalue weighted by molar-refractivity contribution is 0.492. The molecule has 3 heterocycles. The first kappa shape index (κ1) is 9.48. The molecule has 0 saturated heterocycles. The number of nitrogens with zero attached hydrogens (tertiary/aromatic N) is 1. The van der Waals surface area contributed by atoms with Gasteiger partial charge in [-0.25, -0.2) is 0 Å². The number of thiophene rings is 1. The molecule has 0 aliphatic carbocycles. The Kier molecular flexibility index (Phi) is 2.14. The van der Waals surface area contributed by atoms with E-state index in [1.165, 1.54) is 14.4 Å². The van der Waals surface area contributed by atoms with Crippen LogP contribution in [0, 0.1) is 0 Å². The normalized spacial score (nSPS) is 19.6. The summed E-state index contributed by atoms with van der Waals surface area (Å²) in [6, 6.07) is 6.21. The van der Waals surface area contributed by atoms with Crippen molar-refractivity contribution >= 4 is 32.3 Å². The third-order valence-corrected chi connectivity index (χ3v) is 4.54. The van der Waals surface area contributed by atoms with Crippen LogP contribution in [0.15, 0.2) is 32.7 Å². The second kappa shape index (κ2) is 3.39.